The van der Waals surface area contributed by atoms with Crippen molar-refractivity contribution in [2.24, 2.45) is 5.92 Å². The van der Waals surface area contributed by atoms with Crippen molar-refractivity contribution in [3.63, 3.8) is 0 Å². The first kappa shape index (κ1) is 30.4. The van der Waals surface area contributed by atoms with Gasteiger partial charge in [-0.2, -0.15) is 4.98 Å². The molecule has 4 aromatic rings. The van der Waals surface area contributed by atoms with Crippen LogP contribution < -0.4 is 16.0 Å². The molecule has 2 saturated heterocycles. The Morgan fingerprint density at radius 2 is 1.91 bits per heavy atom. The van der Waals surface area contributed by atoms with E-state index in [2.05, 4.69) is 30.4 Å². The van der Waals surface area contributed by atoms with Gasteiger partial charge in [-0.25, -0.2) is 18.7 Å². The second-order valence-electron chi connectivity index (χ2n) is 11.6. The minimum Gasteiger partial charge on any atom is -0.351 e. The molecule has 232 valence electrons. The van der Waals surface area contributed by atoms with Crippen LogP contribution in [0.5, 0.6) is 0 Å². The number of carbonyl (C=O) groups is 1. The number of nitrogens with one attached hydrogen (secondary N) is 3. The number of halogens is 3. The SMILES string of the molecule is O=C(NCCN1CCCCC1)c1ccc(-c2nc3cnc(NCc4ccc(F)c(F)c4)nc3n2C[C@@H]2CCCNC2)c(Cl)c1. The predicted molar refractivity (Wildman–Crippen MR) is 168 cm³/mol. The standard InChI is InChI=1S/C32H37ClF2N8O/c33-25-16-23(31(44)37-11-14-42-12-2-1-3-13-42)7-8-24(25)29-40-28-19-39-32(38-18-21-6-9-26(34)27(35)15-21)41-30(28)43(29)20-22-5-4-10-36-17-22/h6-9,15-16,19,22,36H,1-5,10-14,17-18,20H2,(H,37,44)(H,38,39,41)/t22-/m1/s1. The second kappa shape index (κ2) is 14.0. The largest absolute Gasteiger partial charge is 0.351 e. The molecule has 2 aliphatic heterocycles. The monoisotopic (exact) mass is 622 g/mol. The molecule has 2 aromatic carbocycles. The van der Waals surface area contributed by atoms with Gasteiger partial charge in [-0.15, -0.1) is 0 Å². The highest BCUT2D eigenvalue weighted by Crippen LogP contribution is 2.32. The number of rotatable bonds is 10. The minimum absolute atomic E-state index is 0.153. The molecule has 2 aromatic heterocycles. The molecule has 0 radical (unpaired) electrons. The molecule has 0 saturated carbocycles. The van der Waals surface area contributed by atoms with Crippen molar-refractivity contribution in [1.29, 1.82) is 0 Å². The smallest absolute Gasteiger partial charge is 0.251 e. The van der Waals surface area contributed by atoms with Gasteiger partial charge >= 0.3 is 0 Å². The van der Waals surface area contributed by atoms with Crippen LogP contribution in [0, 0.1) is 17.6 Å². The Bertz CT molecular complexity index is 1620. The number of likely N-dealkylation sites (tertiary alicyclic amines) is 1. The Balaban J connectivity index is 1.23. The molecule has 4 heterocycles. The summed E-state index contributed by atoms with van der Waals surface area (Å²) in [6.07, 6.45) is 7.52. The number of amides is 1. The number of carbonyl (C=O) groups excluding carboxylic acids is 1. The van der Waals surface area contributed by atoms with Crippen LogP contribution in [0.3, 0.4) is 0 Å². The summed E-state index contributed by atoms with van der Waals surface area (Å²) in [6.45, 7) is 6.40. The van der Waals surface area contributed by atoms with Crippen LogP contribution >= 0.6 is 11.6 Å². The third kappa shape index (κ3) is 7.17. The summed E-state index contributed by atoms with van der Waals surface area (Å²) in [4.78, 5) is 29.4. The molecule has 3 N–H and O–H groups in total. The first-order chi connectivity index (χ1) is 21.4. The van der Waals surface area contributed by atoms with Gasteiger partial charge in [0.15, 0.2) is 17.3 Å². The van der Waals surface area contributed by atoms with E-state index in [1.54, 1.807) is 18.3 Å². The molecule has 1 atom stereocenters. The fourth-order valence-electron chi connectivity index (χ4n) is 6.00. The Labute approximate surface area is 260 Å². The highest BCUT2D eigenvalue weighted by molar-refractivity contribution is 6.33. The van der Waals surface area contributed by atoms with Crippen molar-refractivity contribution in [3.05, 3.63) is 70.4 Å². The zero-order chi connectivity index (χ0) is 30.5. The molecule has 6 rings (SSSR count). The molecule has 9 nitrogen and oxygen atoms in total. The summed E-state index contributed by atoms with van der Waals surface area (Å²) >= 11 is 6.82. The number of fused-ring (bicyclic) bond motifs is 1. The zero-order valence-electron chi connectivity index (χ0n) is 24.6. The lowest BCUT2D eigenvalue weighted by Crippen LogP contribution is -2.37. The van der Waals surface area contributed by atoms with E-state index in [9.17, 15) is 13.6 Å². The maximum Gasteiger partial charge on any atom is 0.251 e. The van der Waals surface area contributed by atoms with Gasteiger partial charge in [-0.1, -0.05) is 24.1 Å². The first-order valence-electron chi connectivity index (χ1n) is 15.4. The van der Waals surface area contributed by atoms with Crippen molar-refractivity contribution < 1.29 is 13.6 Å². The Morgan fingerprint density at radius 1 is 1.05 bits per heavy atom. The molecule has 2 aliphatic rings. The normalized spacial score (nSPS) is 17.6. The summed E-state index contributed by atoms with van der Waals surface area (Å²) in [7, 11) is 0. The second-order valence-corrected chi connectivity index (χ2v) is 12.0. The van der Waals surface area contributed by atoms with Gasteiger partial charge in [0, 0.05) is 37.3 Å². The number of anilines is 1. The van der Waals surface area contributed by atoms with E-state index in [-0.39, 0.29) is 12.5 Å². The first-order valence-corrected chi connectivity index (χ1v) is 15.7. The highest BCUT2D eigenvalue weighted by Gasteiger charge is 2.22. The van der Waals surface area contributed by atoms with Gasteiger partial charge in [-0.3, -0.25) is 4.79 Å². The molecule has 44 heavy (non-hydrogen) atoms. The fraction of sp³-hybridized carbons (Fsp3) is 0.438. The average Bonchev–Trinajstić information content (AvgIpc) is 3.39. The van der Waals surface area contributed by atoms with Gasteiger partial charge in [0.1, 0.15) is 11.3 Å². The number of piperidine rings is 2. The molecule has 0 unspecified atom stereocenters. The molecule has 12 heteroatoms. The van der Waals surface area contributed by atoms with E-state index >= 15 is 0 Å². The fourth-order valence-corrected chi connectivity index (χ4v) is 6.27. The lowest BCUT2D eigenvalue weighted by Gasteiger charge is -2.26. The number of hydrogen-bond acceptors (Lipinski definition) is 7. The van der Waals surface area contributed by atoms with Crippen molar-refractivity contribution in [3.8, 4) is 11.4 Å². The topological polar surface area (TPSA) is 100 Å². The third-order valence-electron chi connectivity index (χ3n) is 8.40. The maximum atomic E-state index is 13.7. The van der Waals surface area contributed by atoms with Gasteiger partial charge in [0.2, 0.25) is 5.95 Å². The number of benzene rings is 2. The summed E-state index contributed by atoms with van der Waals surface area (Å²) in [5.41, 5.74) is 3.02. The summed E-state index contributed by atoms with van der Waals surface area (Å²) in [5, 5.41) is 10.0. The zero-order valence-corrected chi connectivity index (χ0v) is 25.3. The van der Waals surface area contributed by atoms with Crippen molar-refractivity contribution in [1.82, 2.24) is 35.1 Å². The summed E-state index contributed by atoms with van der Waals surface area (Å²) in [6, 6.07) is 9.09. The van der Waals surface area contributed by atoms with Crippen LogP contribution in [-0.2, 0) is 13.1 Å². The van der Waals surface area contributed by atoms with Crippen LogP contribution in [0.25, 0.3) is 22.6 Å². The Hall–Kier alpha value is -3.67. The summed E-state index contributed by atoms with van der Waals surface area (Å²) < 4.78 is 29.1. The Morgan fingerprint density at radius 3 is 2.68 bits per heavy atom. The van der Waals surface area contributed by atoms with E-state index in [1.807, 2.05) is 6.07 Å². The van der Waals surface area contributed by atoms with E-state index in [1.165, 1.54) is 25.3 Å². The summed E-state index contributed by atoms with van der Waals surface area (Å²) in [5.74, 6) is -0.571. The van der Waals surface area contributed by atoms with E-state index in [4.69, 9.17) is 21.6 Å². The molecule has 1 amide bonds. The molecule has 0 bridgehead atoms. The van der Waals surface area contributed by atoms with Crippen LogP contribution in [0.1, 0.15) is 48.0 Å². The van der Waals surface area contributed by atoms with Crippen LogP contribution in [0.15, 0.2) is 42.6 Å². The average molecular weight is 623 g/mol. The highest BCUT2D eigenvalue weighted by atomic mass is 35.5. The van der Waals surface area contributed by atoms with E-state index in [0.717, 1.165) is 57.7 Å². The molecule has 0 aliphatic carbocycles. The van der Waals surface area contributed by atoms with Crippen LogP contribution in [-0.4, -0.2) is 69.6 Å². The van der Waals surface area contributed by atoms with Crippen LogP contribution in [0.4, 0.5) is 14.7 Å². The third-order valence-corrected chi connectivity index (χ3v) is 8.71. The maximum absolute atomic E-state index is 13.7. The van der Waals surface area contributed by atoms with Gasteiger partial charge < -0.3 is 25.4 Å². The molecular weight excluding hydrogens is 586 g/mol. The van der Waals surface area contributed by atoms with Gasteiger partial charge in [-0.05, 0) is 93.7 Å². The number of imidazole rings is 1. The lowest BCUT2D eigenvalue weighted by atomic mass is 9.99. The number of nitrogens with zero attached hydrogens (tertiary/aromatic N) is 5. The van der Waals surface area contributed by atoms with Crippen LogP contribution in [0.2, 0.25) is 5.02 Å². The Kier molecular flexibility index (Phi) is 9.63. The number of hydrogen-bond donors (Lipinski definition) is 3. The quantitative estimate of drug-likeness (QED) is 0.222. The lowest BCUT2D eigenvalue weighted by molar-refractivity contribution is 0.0946. The van der Waals surface area contributed by atoms with Gasteiger partial charge in [0.05, 0.1) is 11.2 Å². The molecular formula is C32H37ClF2N8O. The van der Waals surface area contributed by atoms with Gasteiger partial charge in [0.25, 0.3) is 5.91 Å². The van der Waals surface area contributed by atoms with Crippen molar-refractivity contribution in [2.75, 3.05) is 44.6 Å². The van der Waals surface area contributed by atoms with Crippen molar-refractivity contribution >= 4 is 34.6 Å². The van der Waals surface area contributed by atoms with E-state index < -0.39 is 11.6 Å². The van der Waals surface area contributed by atoms with Crippen molar-refractivity contribution in [2.45, 2.75) is 45.2 Å². The predicted octanol–water partition coefficient (Wildman–Crippen LogP) is 5.25. The molecule has 0 spiro atoms. The minimum atomic E-state index is -0.901. The number of aromatic nitrogens is 4. The molecule has 2 fully saturated rings. The van der Waals surface area contributed by atoms with E-state index in [0.29, 0.717) is 63.7 Å².